The van der Waals surface area contributed by atoms with Crippen molar-refractivity contribution in [2.75, 3.05) is 26.2 Å². The first kappa shape index (κ1) is 16.9. The topological polar surface area (TPSA) is 49.3 Å². The lowest BCUT2D eigenvalue weighted by Gasteiger charge is -2.38. The Bertz CT molecular complexity index is 711. The molecular weight excluding hydrogens is 324 g/mol. The lowest BCUT2D eigenvalue weighted by atomic mass is 10.1. The van der Waals surface area contributed by atoms with Gasteiger partial charge in [-0.25, -0.2) is 9.97 Å². The van der Waals surface area contributed by atoms with Crippen LogP contribution in [0.15, 0.2) is 36.5 Å². The molecule has 1 aromatic carbocycles. The zero-order chi connectivity index (χ0) is 17.1. The van der Waals surface area contributed by atoms with Crippen LogP contribution in [-0.4, -0.2) is 51.9 Å². The first-order valence-electron chi connectivity index (χ1n) is 8.13. The number of carbonyl (C=O) groups is 1. The number of aryl methyl sites for hydroxylation is 1. The summed E-state index contributed by atoms with van der Waals surface area (Å²) in [5.41, 5.74) is 1.72. The molecule has 1 aliphatic heterocycles. The molecule has 0 saturated carbocycles. The van der Waals surface area contributed by atoms with E-state index in [1.165, 1.54) is 5.56 Å². The maximum atomic E-state index is 12.5. The smallest absolute Gasteiger partial charge is 0.272 e. The van der Waals surface area contributed by atoms with Crippen molar-refractivity contribution < 1.29 is 4.79 Å². The SMILES string of the molecule is Cc1nccc(C(=O)N2CCN(C(C)c3ccc(Cl)cc3)CC2)n1. The second-order valence-corrected chi connectivity index (χ2v) is 6.48. The summed E-state index contributed by atoms with van der Waals surface area (Å²) in [6.45, 7) is 7.09. The zero-order valence-electron chi connectivity index (χ0n) is 13.9. The van der Waals surface area contributed by atoms with E-state index in [4.69, 9.17) is 11.6 Å². The number of hydrogen-bond donors (Lipinski definition) is 0. The van der Waals surface area contributed by atoms with Gasteiger partial charge in [-0.2, -0.15) is 0 Å². The summed E-state index contributed by atoms with van der Waals surface area (Å²) in [5.74, 6) is 0.607. The Balaban J connectivity index is 1.61. The van der Waals surface area contributed by atoms with E-state index in [2.05, 4.69) is 33.9 Å². The Morgan fingerprint density at radius 3 is 2.42 bits per heavy atom. The summed E-state index contributed by atoms with van der Waals surface area (Å²) in [7, 11) is 0. The van der Waals surface area contributed by atoms with Gasteiger partial charge in [0.2, 0.25) is 0 Å². The minimum absolute atomic E-state index is 0.0145. The number of amides is 1. The van der Waals surface area contributed by atoms with Crippen molar-refractivity contribution in [3.05, 3.63) is 58.6 Å². The van der Waals surface area contributed by atoms with Gasteiger partial charge in [0.25, 0.3) is 5.91 Å². The first-order valence-corrected chi connectivity index (χ1v) is 8.51. The third kappa shape index (κ3) is 3.74. The average Bonchev–Trinajstić information content (AvgIpc) is 2.61. The Kier molecular flexibility index (Phi) is 5.11. The number of nitrogens with zero attached hydrogens (tertiary/aromatic N) is 4. The fourth-order valence-electron chi connectivity index (χ4n) is 3.00. The Morgan fingerprint density at radius 1 is 1.12 bits per heavy atom. The predicted octanol–water partition coefficient (Wildman–Crippen LogP) is 2.96. The van der Waals surface area contributed by atoms with Gasteiger partial charge < -0.3 is 4.90 Å². The van der Waals surface area contributed by atoms with E-state index in [1.54, 1.807) is 19.2 Å². The molecule has 5 nitrogen and oxygen atoms in total. The minimum atomic E-state index is -0.0145. The number of aromatic nitrogens is 2. The molecule has 0 radical (unpaired) electrons. The van der Waals surface area contributed by atoms with E-state index in [1.807, 2.05) is 17.0 Å². The molecule has 1 saturated heterocycles. The molecule has 0 aliphatic carbocycles. The summed E-state index contributed by atoms with van der Waals surface area (Å²) >= 11 is 5.96. The van der Waals surface area contributed by atoms with Crippen LogP contribution >= 0.6 is 11.6 Å². The van der Waals surface area contributed by atoms with Crippen LogP contribution in [0.5, 0.6) is 0 Å². The molecule has 1 unspecified atom stereocenters. The molecular formula is C18H21ClN4O. The van der Waals surface area contributed by atoms with Crippen LogP contribution in [-0.2, 0) is 0 Å². The van der Waals surface area contributed by atoms with Crippen LogP contribution in [0.3, 0.4) is 0 Å². The predicted molar refractivity (Wildman–Crippen MR) is 94.1 cm³/mol. The highest BCUT2D eigenvalue weighted by molar-refractivity contribution is 6.30. The number of benzene rings is 1. The Morgan fingerprint density at radius 2 is 1.79 bits per heavy atom. The van der Waals surface area contributed by atoms with Crippen molar-refractivity contribution in [3.63, 3.8) is 0 Å². The Labute approximate surface area is 147 Å². The summed E-state index contributed by atoms with van der Waals surface area (Å²) in [6.07, 6.45) is 1.63. The van der Waals surface area contributed by atoms with Gasteiger partial charge >= 0.3 is 0 Å². The van der Waals surface area contributed by atoms with Crippen LogP contribution < -0.4 is 0 Å². The van der Waals surface area contributed by atoms with Crippen LogP contribution in [0.2, 0.25) is 5.02 Å². The van der Waals surface area contributed by atoms with Gasteiger partial charge in [0.15, 0.2) is 0 Å². The van der Waals surface area contributed by atoms with Crippen LogP contribution in [0.1, 0.15) is 34.8 Å². The fraction of sp³-hybridized carbons (Fsp3) is 0.389. The highest BCUT2D eigenvalue weighted by Gasteiger charge is 2.26. The molecule has 1 atom stereocenters. The molecule has 3 rings (SSSR count). The summed E-state index contributed by atoms with van der Waals surface area (Å²) < 4.78 is 0. The normalized spacial score (nSPS) is 16.9. The third-order valence-electron chi connectivity index (χ3n) is 4.50. The summed E-state index contributed by atoms with van der Waals surface area (Å²) in [6, 6.07) is 9.95. The van der Waals surface area contributed by atoms with Gasteiger partial charge in [-0.05, 0) is 37.6 Å². The molecule has 2 heterocycles. The lowest BCUT2D eigenvalue weighted by molar-refractivity contribution is 0.0576. The van der Waals surface area contributed by atoms with Gasteiger partial charge in [0.1, 0.15) is 11.5 Å². The van der Waals surface area contributed by atoms with E-state index in [-0.39, 0.29) is 5.91 Å². The maximum Gasteiger partial charge on any atom is 0.272 e. The highest BCUT2D eigenvalue weighted by Crippen LogP contribution is 2.23. The quantitative estimate of drug-likeness (QED) is 0.859. The number of rotatable bonds is 3. The number of hydrogen-bond acceptors (Lipinski definition) is 4. The third-order valence-corrected chi connectivity index (χ3v) is 4.75. The fourth-order valence-corrected chi connectivity index (χ4v) is 3.13. The zero-order valence-corrected chi connectivity index (χ0v) is 14.7. The van der Waals surface area contributed by atoms with E-state index >= 15 is 0 Å². The first-order chi connectivity index (χ1) is 11.5. The van der Waals surface area contributed by atoms with E-state index in [0.717, 1.165) is 18.1 Å². The van der Waals surface area contributed by atoms with E-state index in [9.17, 15) is 4.79 Å². The second kappa shape index (κ2) is 7.28. The molecule has 1 aromatic heterocycles. The van der Waals surface area contributed by atoms with Gasteiger partial charge in [-0.15, -0.1) is 0 Å². The van der Waals surface area contributed by atoms with Crippen molar-refractivity contribution in [1.82, 2.24) is 19.8 Å². The molecule has 1 amide bonds. The van der Waals surface area contributed by atoms with Crippen LogP contribution in [0, 0.1) is 6.92 Å². The molecule has 0 spiro atoms. The van der Waals surface area contributed by atoms with Gasteiger partial charge in [-0.3, -0.25) is 9.69 Å². The maximum absolute atomic E-state index is 12.5. The minimum Gasteiger partial charge on any atom is -0.335 e. The summed E-state index contributed by atoms with van der Waals surface area (Å²) in [5, 5.41) is 0.751. The number of halogens is 1. The standard InChI is InChI=1S/C18H21ClN4O/c1-13(15-3-5-16(19)6-4-15)22-9-11-23(12-10-22)18(24)17-7-8-20-14(2)21-17/h3-8,13H,9-12H2,1-2H3. The average molecular weight is 345 g/mol. The number of piperazine rings is 1. The molecule has 0 N–H and O–H groups in total. The van der Waals surface area contributed by atoms with Gasteiger partial charge in [0, 0.05) is 43.4 Å². The Hall–Kier alpha value is -1.98. The molecule has 1 aliphatic rings. The van der Waals surface area contributed by atoms with Crippen LogP contribution in [0.4, 0.5) is 0 Å². The molecule has 24 heavy (non-hydrogen) atoms. The van der Waals surface area contributed by atoms with Crippen molar-refractivity contribution in [2.45, 2.75) is 19.9 Å². The lowest BCUT2D eigenvalue weighted by Crippen LogP contribution is -2.49. The van der Waals surface area contributed by atoms with Crippen molar-refractivity contribution in [1.29, 1.82) is 0 Å². The number of carbonyl (C=O) groups excluding carboxylic acids is 1. The van der Waals surface area contributed by atoms with Crippen molar-refractivity contribution in [3.8, 4) is 0 Å². The van der Waals surface area contributed by atoms with Crippen LogP contribution in [0.25, 0.3) is 0 Å². The van der Waals surface area contributed by atoms with E-state index in [0.29, 0.717) is 30.6 Å². The molecule has 1 fully saturated rings. The molecule has 126 valence electrons. The highest BCUT2D eigenvalue weighted by atomic mass is 35.5. The van der Waals surface area contributed by atoms with Gasteiger partial charge in [0.05, 0.1) is 0 Å². The van der Waals surface area contributed by atoms with E-state index < -0.39 is 0 Å². The molecule has 2 aromatic rings. The van der Waals surface area contributed by atoms with Crippen molar-refractivity contribution >= 4 is 17.5 Å². The van der Waals surface area contributed by atoms with Gasteiger partial charge in [-0.1, -0.05) is 23.7 Å². The second-order valence-electron chi connectivity index (χ2n) is 6.04. The molecule has 0 bridgehead atoms. The monoisotopic (exact) mass is 344 g/mol. The van der Waals surface area contributed by atoms with Crippen molar-refractivity contribution in [2.24, 2.45) is 0 Å². The summed E-state index contributed by atoms with van der Waals surface area (Å²) in [4.78, 5) is 25.1. The largest absolute Gasteiger partial charge is 0.335 e. The molecule has 6 heteroatoms.